The van der Waals surface area contributed by atoms with E-state index in [1.54, 1.807) is 0 Å². The summed E-state index contributed by atoms with van der Waals surface area (Å²) < 4.78 is 0. The highest BCUT2D eigenvalue weighted by Gasteiger charge is 2.07. The van der Waals surface area contributed by atoms with Gasteiger partial charge in [-0.3, -0.25) is 0 Å². The maximum Gasteiger partial charge on any atom is 0.132 e. The Morgan fingerprint density at radius 2 is 2.17 bits per heavy atom. The Hall–Kier alpha value is -1.45. The zero-order chi connectivity index (χ0) is 13.1. The van der Waals surface area contributed by atoms with Gasteiger partial charge in [0.25, 0.3) is 0 Å². The molecule has 2 N–H and O–H groups in total. The summed E-state index contributed by atoms with van der Waals surface area (Å²) in [5.74, 6) is 0.791. The predicted molar refractivity (Wildman–Crippen MR) is 73.6 cm³/mol. The topological polar surface area (TPSA) is 51.8 Å². The van der Waals surface area contributed by atoms with Crippen molar-refractivity contribution < 1.29 is 0 Å². The number of aryl methyl sites for hydroxylation is 1. The van der Waals surface area contributed by atoms with Crippen LogP contribution in [0.25, 0.3) is 0 Å². The van der Waals surface area contributed by atoms with Gasteiger partial charge >= 0.3 is 0 Å². The molecule has 0 unspecified atom stereocenters. The smallest absolute Gasteiger partial charge is 0.132 e. The standard InChI is InChI=1S/C14H16ClN3/c1-9(16)13-8-17-14(18-10(13)2)7-11-4-3-5-12(15)6-11/h3-6,8-9H,7,16H2,1-2H3/t9-/m0/s1. The molecular weight excluding hydrogens is 246 g/mol. The van der Waals surface area contributed by atoms with Gasteiger partial charge in [-0.25, -0.2) is 9.97 Å². The Kier molecular flexibility index (Phi) is 3.94. The summed E-state index contributed by atoms with van der Waals surface area (Å²) in [4.78, 5) is 8.84. The molecule has 0 spiro atoms. The number of nitrogens with two attached hydrogens (primary N) is 1. The number of hydrogen-bond donors (Lipinski definition) is 1. The largest absolute Gasteiger partial charge is 0.324 e. The van der Waals surface area contributed by atoms with Crippen molar-refractivity contribution in [3.8, 4) is 0 Å². The van der Waals surface area contributed by atoms with Crippen LogP contribution in [-0.4, -0.2) is 9.97 Å². The van der Waals surface area contributed by atoms with E-state index < -0.39 is 0 Å². The lowest BCUT2D eigenvalue weighted by atomic mass is 10.1. The van der Waals surface area contributed by atoms with E-state index >= 15 is 0 Å². The van der Waals surface area contributed by atoms with Gasteiger partial charge in [-0.05, 0) is 31.5 Å². The minimum Gasteiger partial charge on any atom is -0.324 e. The molecule has 0 aliphatic rings. The fraction of sp³-hybridized carbons (Fsp3) is 0.286. The van der Waals surface area contributed by atoms with E-state index in [1.165, 1.54) is 0 Å². The quantitative estimate of drug-likeness (QED) is 0.924. The molecule has 1 heterocycles. The van der Waals surface area contributed by atoms with E-state index in [0.29, 0.717) is 6.42 Å². The number of nitrogens with zero attached hydrogens (tertiary/aromatic N) is 2. The van der Waals surface area contributed by atoms with Crippen LogP contribution in [0.3, 0.4) is 0 Å². The lowest BCUT2D eigenvalue weighted by molar-refractivity contribution is 0.777. The maximum atomic E-state index is 5.95. The molecule has 1 aromatic carbocycles. The van der Waals surface area contributed by atoms with E-state index in [2.05, 4.69) is 9.97 Å². The lowest BCUT2D eigenvalue weighted by Crippen LogP contribution is -2.10. The fourth-order valence-electron chi connectivity index (χ4n) is 1.89. The molecule has 1 aromatic heterocycles. The zero-order valence-electron chi connectivity index (χ0n) is 10.5. The molecule has 0 fully saturated rings. The highest BCUT2D eigenvalue weighted by atomic mass is 35.5. The monoisotopic (exact) mass is 261 g/mol. The SMILES string of the molecule is Cc1nc(Cc2cccc(Cl)c2)ncc1[C@H](C)N. The Morgan fingerprint density at radius 3 is 2.78 bits per heavy atom. The van der Waals surface area contributed by atoms with Gasteiger partial charge in [0.15, 0.2) is 0 Å². The highest BCUT2D eigenvalue weighted by molar-refractivity contribution is 6.30. The fourth-order valence-corrected chi connectivity index (χ4v) is 2.10. The number of benzene rings is 1. The molecule has 0 amide bonds. The van der Waals surface area contributed by atoms with Crippen LogP contribution in [-0.2, 0) is 6.42 Å². The zero-order valence-corrected chi connectivity index (χ0v) is 11.3. The molecular formula is C14H16ClN3. The van der Waals surface area contributed by atoms with E-state index in [0.717, 1.165) is 27.7 Å². The maximum absolute atomic E-state index is 5.95. The Morgan fingerprint density at radius 1 is 1.39 bits per heavy atom. The summed E-state index contributed by atoms with van der Waals surface area (Å²) in [5.41, 5.74) is 8.88. The van der Waals surface area contributed by atoms with Gasteiger partial charge in [-0.15, -0.1) is 0 Å². The van der Waals surface area contributed by atoms with Gasteiger partial charge in [0.1, 0.15) is 5.82 Å². The minimum absolute atomic E-state index is 0.0368. The molecule has 0 saturated carbocycles. The van der Waals surface area contributed by atoms with E-state index in [-0.39, 0.29) is 6.04 Å². The molecule has 0 radical (unpaired) electrons. The van der Waals surface area contributed by atoms with Crippen LogP contribution in [0, 0.1) is 6.92 Å². The molecule has 3 nitrogen and oxygen atoms in total. The average molecular weight is 262 g/mol. The first-order valence-electron chi connectivity index (χ1n) is 5.88. The Balaban J connectivity index is 2.23. The molecule has 94 valence electrons. The second kappa shape index (κ2) is 5.46. The van der Waals surface area contributed by atoms with Crippen LogP contribution in [0.1, 0.15) is 35.6 Å². The second-order valence-corrected chi connectivity index (χ2v) is 4.86. The second-order valence-electron chi connectivity index (χ2n) is 4.42. The third-order valence-electron chi connectivity index (χ3n) is 2.81. The summed E-state index contributed by atoms with van der Waals surface area (Å²) in [5, 5.41) is 0.733. The van der Waals surface area contributed by atoms with Crippen LogP contribution in [0.15, 0.2) is 30.5 Å². The normalized spacial score (nSPS) is 12.4. The Bertz CT molecular complexity index is 552. The van der Waals surface area contributed by atoms with Crippen LogP contribution >= 0.6 is 11.6 Å². The van der Waals surface area contributed by atoms with Crippen molar-refractivity contribution in [2.45, 2.75) is 26.3 Å². The molecule has 4 heteroatoms. The Labute approximate surface area is 112 Å². The molecule has 1 atom stereocenters. The van der Waals surface area contributed by atoms with Crippen molar-refractivity contribution in [1.29, 1.82) is 0 Å². The third-order valence-corrected chi connectivity index (χ3v) is 3.04. The van der Waals surface area contributed by atoms with Crippen molar-refractivity contribution in [2.24, 2.45) is 5.73 Å². The van der Waals surface area contributed by atoms with Crippen LogP contribution in [0.5, 0.6) is 0 Å². The van der Waals surface area contributed by atoms with Crippen LogP contribution < -0.4 is 5.73 Å². The summed E-state index contributed by atoms with van der Waals surface area (Å²) in [6.07, 6.45) is 2.49. The minimum atomic E-state index is -0.0368. The summed E-state index contributed by atoms with van der Waals surface area (Å²) in [6.45, 7) is 3.89. The molecule has 0 saturated heterocycles. The number of hydrogen-bond acceptors (Lipinski definition) is 3. The van der Waals surface area contributed by atoms with E-state index in [9.17, 15) is 0 Å². The van der Waals surface area contributed by atoms with Gasteiger partial charge in [0, 0.05) is 34.9 Å². The molecule has 2 rings (SSSR count). The van der Waals surface area contributed by atoms with Crippen molar-refractivity contribution >= 4 is 11.6 Å². The first-order chi connectivity index (χ1) is 8.56. The summed E-state index contributed by atoms with van der Waals surface area (Å²) >= 11 is 5.95. The van der Waals surface area contributed by atoms with Crippen molar-refractivity contribution in [3.63, 3.8) is 0 Å². The lowest BCUT2D eigenvalue weighted by Gasteiger charge is -2.09. The van der Waals surface area contributed by atoms with Crippen LogP contribution in [0.4, 0.5) is 0 Å². The van der Waals surface area contributed by atoms with Gasteiger partial charge in [0.05, 0.1) is 0 Å². The van der Waals surface area contributed by atoms with Crippen LogP contribution in [0.2, 0.25) is 5.02 Å². The summed E-state index contributed by atoms with van der Waals surface area (Å²) in [7, 11) is 0. The molecule has 0 bridgehead atoms. The first kappa shape index (κ1) is 13.0. The number of halogens is 1. The van der Waals surface area contributed by atoms with Gasteiger partial charge in [-0.1, -0.05) is 23.7 Å². The highest BCUT2D eigenvalue weighted by Crippen LogP contribution is 2.15. The first-order valence-corrected chi connectivity index (χ1v) is 6.26. The van der Waals surface area contributed by atoms with E-state index in [4.69, 9.17) is 17.3 Å². The predicted octanol–water partition coefficient (Wildman–Crippen LogP) is 3.05. The van der Waals surface area contributed by atoms with Crippen molar-refractivity contribution in [3.05, 3.63) is 58.1 Å². The molecule has 0 aliphatic carbocycles. The number of rotatable bonds is 3. The molecule has 18 heavy (non-hydrogen) atoms. The van der Waals surface area contributed by atoms with Gasteiger partial charge in [0.2, 0.25) is 0 Å². The van der Waals surface area contributed by atoms with E-state index in [1.807, 2.05) is 44.3 Å². The molecule has 0 aliphatic heterocycles. The summed E-state index contributed by atoms with van der Waals surface area (Å²) in [6, 6.07) is 7.70. The molecule has 2 aromatic rings. The van der Waals surface area contributed by atoms with Crippen molar-refractivity contribution in [1.82, 2.24) is 9.97 Å². The number of aromatic nitrogens is 2. The van der Waals surface area contributed by atoms with Gasteiger partial charge < -0.3 is 5.73 Å². The average Bonchev–Trinajstić information content (AvgIpc) is 2.28. The van der Waals surface area contributed by atoms with Gasteiger partial charge in [-0.2, -0.15) is 0 Å². The third kappa shape index (κ3) is 3.06. The van der Waals surface area contributed by atoms with Crippen molar-refractivity contribution in [2.75, 3.05) is 0 Å².